The molecular formula is C15H18FN3O3. The molecule has 1 aromatic heterocycles. The van der Waals surface area contributed by atoms with Crippen LogP contribution < -0.4 is 5.56 Å². The lowest BCUT2D eigenvalue weighted by molar-refractivity contribution is 0.0113. The van der Waals surface area contributed by atoms with Crippen molar-refractivity contribution in [3.05, 3.63) is 40.7 Å². The van der Waals surface area contributed by atoms with Crippen LogP contribution in [-0.2, 0) is 11.3 Å². The van der Waals surface area contributed by atoms with Crippen LogP contribution in [0.5, 0.6) is 0 Å². The molecule has 1 saturated heterocycles. The molecule has 0 radical (unpaired) electrons. The average molecular weight is 307 g/mol. The van der Waals surface area contributed by atoms with Crippen LogP contribution in [0.3, 0.4) is 0 Å². The molecule has 0 saturated carbocycles. The van der Waals surface area contributed by atoms with Crippen molar-refractivity contribution >= 4 is 10.9 Å². The Morgan fingerprint density at radius 3 is 2.86 bits per heavy atom. The lowest BCUT2D eigenvalue weighted by Crippen LogP contribution is -2.42. The summed E-state index contributed by atoms with van der Waals surface area (Å²) in [6.07, 6.45) is 0.683. The van der Waals surface area contributed by atoms with Crippen LogP contribution in [-0.4, -0.2) is 58.5 Å². The molecule has 22 heavy (non-hydrogen) atoms. The molecule has 1 atom stereocenters. The molecule has 2 aromatic rings. The summed E-state index contributed by atoms with van der Waals surface area (Å²) in [4.78, 5) is 18.5. The number of morpholine rings is 1. The molecule has 3 rings (SSSR count). The Bertz CT molecular complexity index is 713. The average Bonchev–Trinajstić information content (AvgIpc) is 2.51. The van der Waals surface area contributed by atoms with Gasteiger partial charge in [-0.1, -0.05) is 0 Å². The van der Waals surface area contributed by atoms with Gasteiger partial charge in [-0.05, 0) is 12.1 Å². The van der Waals surface area contributed by atoms with Gasteiger partial charge >= 0.3 is 0 Å². The molecule has 6 nitrogen and oxygen atoms in total. The van der Waals surface area contributed by atoms with Crippen molar-refractivity contribution in [2.45, 2.75) is 12.6 Å². The molecule has 2 heterocycles. The van der Waals surface area contributed by atoms with Gasteiger partial charge in [0.15, 0.2) is 0 Å². The van der Waals surface area contributed by atoms with Crippen molar-refractivity contribution in [1.82, 2.24) is 14.5 Å². The van der Waals surface area contributed by atoms with Crippen molar-refractivity contribution in [1.29, 1.82) is 0 Å². The van der Waals surface area contributed by atoms with Gasteiger partial charge in [-0.15, -0.1) is 0 Å². The van der Waals surface area contributed by atoms with Crippen molar-refractivity contribution in [2.75, 3.05) is 32.8 Å². The first-order valence-corrected chi connectivity index (χ1v) is 7.26. The van der Waals surface area contributed by atoms with Gasteiger partial charge in [-0.2, -0.15) is 0 Å². The number of benzene rings is 1. The van der Waals surface area contributed by atoms with Crippen molar-refractivity contribution < 1.29 is 14.2 Å². The number of hydrogen-bond acceptors (Lipinski definition) is 5. The van der Waals surface area contributed by atoms with Gasteiger partial charge in [0.1, 0.15) is 5.82 Å². The molecule has 0 spiro atoms. The third-order valence-electron chi connectivity index (χ3n) is 3.77. The standard InChI is InChI=1S/C15H18FN3O3/c16-11-1-2-13-14(7-11)17-10-19(15(13)21)9-12(20)8-18-3-5-22-6-4-18/h1-2,7,10,12,20H,3-6,8-9H2/t12-/m1/s1. The quantitative estimate of drug-likeness (QED) is 0.876. The highest BCUT2D eigenvalue weighted by Gasteiger charge is 2.16. The van der Waals surface area contributed by atoms with Crippen LogP contribution in [0.25, 0.3) is 10.9 Å². The number of aliphatic hydroxyl groups is 1. The summed E-state index contributed by atoms with van der Waals surface area (Å²) in [7, 11) is 0. The second kappa shape index (κ2) is 6.51. The van der Waals surface area contributed by atoms with E-state index >= 15 is 0 Å². The van der Waals surface area contributed by atoms with Gasteiger partial charge in [0.05, 0.1) is 43.1 Å². The summed E-state index contributed by atoms with van der Waals surface area (Å²) in [6.45, 7) is 3.53. The minimum absolute atomic E-state index is 0.163. The van der Waals surface area contributed by atoms with Crippen LogP contribution in [0.2, 0.25) is 0 Å². The van der Waals surface area contributed by atoms with Gasteiger partial charge in [-0.3, -0.25) is 14.3 Å². The minimum atomic E-state index is -0.671. The molecule has 1 aliphatic rings. The third-order valence-corrected chi connectivity index (χ3v) is 3.77. The summed E-state index contributed by atoms with van der Waals surface area (Å²) >= 11 is 0. The summed E-state index contributed by atoms with van der Waals surface area (Å²) in [6, 6.07) is 3.88. The Labute approximate surface area is 126 Å². The van der Waals surface area contributed by atoms with E-state index in [2.05, 4.69) is 9.88 Å². The van der Waals surface area contributed by atoms with Crippen LogP contribution in [0.15, 0.2) is 29.3 Å². The molecular weight excluding hydrogens is 289 g/mol. The predicted octanol–water partition coefficient (Wildman–Crippen LogP) is 0.229. The van der Waals surface area contributed by atoms with Gasteiger partial charge in [0.25, 0.3) is 5.56 Å². The zero-order valence-corrected chi connectivity index (χ0v) is 12.1. The highest BCUT2D eigenvalue weighted by molar-refractivity contribution is 5.77. The van der Waals surface area contributed by atoms with E-state index in [-0.39, 0.29) is 12.1 Å². The zero-order chi connectivity index (χ0) is 15.5. The van der Waals surface area contributed by atoms with Crippen LogP contribution >= 0.6 is 0 Å². The van der Waals surface area contributed by atoms with Gasteiger partial charge in [-0.25, -0.2) is 9.37 Å². The topological polar surface area (TPSA) is 67.6 Å². The monoisotopic (exact) mass is 307 g/mol. The summed E-state index contributed by atoms with van der Waals surface area (Å²) in [5.74, 6) is -0.426. The Balaban J connectivity index is 1.74. The maximum atomic E-state index is 13.1. The van der Waals surface area contributed by atoms with E-state index < -0.39 is 11.9 Å². The van der Waals surface area contributed by atoms with E-state index in [1.165, 1.54) is 29.1 Å². The van der Waals surface area contributed by atoms with Gasteiger partial charge in [0, 0.05) is 25.7 Å². The minimum Gasteiger partial charge on any atom is -0.390 e. The molecule has 0 bridgehead atoms. The number of ether oxygens (including phenoxy) is 1. The zero-order valence-electron chi connectivity index (χ0n) is 12.1. The molecule has 1 N–H and O–H groups in total. The number of aromatic nitrogens is 2. The fraction of sp³-hybridized carbons (Fsp3) is 0.467. The number of fused-ring (bicyclic) bond motifs is 1. The molecule has 0 unspecified atom stereocenters. The smallest absolute Gasteiger partial charge is 0.261 e. The molecule has 118 valence electrons. The summed E-state index contributed by atoms with van der Waals surface area (Å²) < 4.78 is 19.8. The Kier molecular flexibility index (Phi) is 4.47. The van der Waals surface area contributed by atoms with E-state index in [0.29, 0.717) is 30.7 Å². The van der Waals surface area contributed by atoms with E-state index in [1.807, 2.05) is 0 Å². The van der Waals surface area contributed by atoms with Gasteiger partial charge < -0.3 is 9.84 Å². The van der Waals surface area contributed by atoms with Crippen molar-refractivity contribution in [2.24, 2.45) is 0 Å². The Morgan fingerprint density at radius 2 is 2.09 bits per heavy atom. The van der Waals surface area contributed by atoms with E-state index in [9.17, 15) is 14.3 Å². The SMILES string of the molecule is O=c1c2ccc(F)cc2ncn1C[C@H](O)CN1CCOCC1. The third kappa shape index (κ3) is 3.32. The first-order valence-electron chi connectivity index (χ1n) is 7.26. The van der Waals surface area contributed by atoms with E-state index in [0.717, 1.165) is 13.1 Å². The fourth-order valence-corrected chi connectivity index (χ4v) is 2.63. The first kappa shape index (κ1) is 15.1. The molecule has 1 aromatic carbocycles. The lowest BCUT2D eigenvalue weighted by Gasteiger charge is -2.28. The number of β-amino-alcohol motifs (C(OH)–C–C–N with tert-alkyl or cyclic N) is 1. The molecule has 1 aliphatic heterocycles. The second-order valence-corrected chi connectivity index (χ2v) is 5.43. The van der Waals surface area contributed by atoms with Crippen molar-refractivity contribution in [3.8, 4) is 0 Å². The maximum absolute atomic E-state index is 13.1. The largest absolute Gasteiger partial charge is 0.390 e. The van der Waals surface area contributed by atoms with Gasteiger partial charge in [0.2, 0.25) is 0 Å². The second-order valence-electron chi connectivity index (χ2n) is 5.43. The van der Waals surface area contributed by atoms with E-state index in [1.54, 1.807) is 0 Å². The molecule has 1 fully saturated rings. The Hall–Kier alpha value is -1.83. The number of hydrogen-bond donors (Lipinski definition) is 1. The normalized spacial score (nSPS) is 17.7. The van der Waals surface area contributed by atoms with Crippen LogP contribution in [0.4, 0.5) is 4.39 Å². The predicted molar refractivity (Wildman–Crippen MR) is 79.2 cm³/mol. The highest BCUT2D eigenvalue weighted by Crippen LogP contribution is 2.09. The maximum Gasteiger partial charge on any atom is 0.261 e. The number of halogens is 1. The Morgan fingerprint density at radius 1 is 1.32 bits per heavy atom. The van der Waals surface area contributed by atoms with E-state index in [4.69, 9.17) is 4.74 Å². The fourth-order valence-electron chi connectivity index (χ4n) is 2.63. The van der Waals surface area contributed by atoms with Crippen molar-refractivity contribution in [3.63, 3.8) is 0 Å². The van der Waals surface area contributed by atoms with Crippen LogP contribution in [0, 0.1) is 5.82 Å². The van der Waals surface area contributed by atoms with Crippen LogP contribution in [0.1, 0.15) is 0 Å². The first-order chi connectivity index (χ1) is 10.6. The molecule has 0 amide bonds. The number of rotatable bonds is 4. The number of nitrogens with zero attached hydrogens (tertiary/aromatic N) is 3. The summed E-state index contributed by atoms with van der Waals surface area (Å²) in [5.41, 5.74) is 0.0509. The summed E-state index contributed by atoms with van der Waals surface area (Å²) in [5, 5.41) is 10.5. The highest BCUT2D eigenvalue weighted by atomic mass is 19.1. The molecule has 7 heteroatoms. The lowest BCUT2D eigenvalue weighted by atomic mass is 10.2. The number of aliphatic hydroxyl groups excluding tert-OH is 1. The molecule has 0 aliphatic carbocycles.